The standard InChI is InChI=1S/C13H7Cl4.C2H4O2.Sn/c14-10-3-1-8(6-12(10)16)5-9-2-4-11(15)13(17)7-9;1-2(3)4;/h1-7H;1H3,(H,3,4);. The molecule has 0 aliphatic heterocycles. The number of carbonyl (C=O) groups is 1. The summed E-state index contributed by atoms with van der Waals surface area (Å²) in [7, 11) is 0. The van der Waals surface area contributed by atoms with Crippen LogP contribution in [0, 0.1) is 0 Å². The summed E-state index contributed by atoms with van der Waals surface area (Å²) in [5.74, 6) is -0.833. The van der Waals surface area contributed by atoms with Crippen molar-refractivity contribution >= 4 is 74.9 Å². The van der Waals surface area contributed by atoms with E-state index in [1.807, 2.05) is 36.4 Å². The zero-order valence-electron chi connectivity index (χ0n) is 11.4. The third kappa shape index (κ3) is 6.17. The molecule has 2 aromatic rings. The summed E-state index contributed by atoms with van der Waals surface area (Å²) in [6.07, 6.45) is 0. The van der Waals surface area contributed by atoms with Gasteiger partial charge in [-0.15, -0.1) is 0 Å². The van der Waals surface area contributed by atoms with Gasteiger partial charge in [-0.1, -0.05) is 0 Å². The first-order chi connectivity index (χ1) is 10.2. The summed E-state index contributed by atoms with van der Waals surface area (Å²) in [4.78, 5) is 9.00. The van der Waals surface area contributed by atoms with Crippen molar-refractivity contribution in [1.29, 1.82) is 0 Å². The van der Waals surface area contributed by atoms with E-state index in [0.29, 0.717) is 20.1 Å². The first kappa shape index (κ1) is 19.9. The van der Waals surface area contributed by atoms with Crippen LogP contribution in [0.15, 0.2) is 36.4 Å². The first-order valence-corrected chi connectivity index (χ1v) is 9.19. The molecule has 0 saturated heterocycles. The zero-order valence-corrected chi connectivity index (χ0v) is 17.3. The molecule has 0 atom stereocenters. The fraction of sp³-hybridized carbons (Fsp3) is 0.133. The first-order valence-electron chi connectivity index (χ1n) is 6.03. The van der Waals surface area contributed by atoms with Crippen molar-refractivity contribution in [3.05, 3.63) is 67.6 Å². The van der Waals surface area contributed by atoms with Crippen LogP contribution in [0.4, 0.5) is 0 Å². The molecule has 2 rings (SSSR count). The van der Waals surface area contributed by atoms with E-state index in [1.54, 1.807) is 0 Å². The fourth-order valence-corrected chi connectivity index (χ4v) is 3.21. The summed E-state index contributed by atoms with van der Waals surface area (Å²) in [5, 5.41) is 9.69. The molecule has 2 aromatic carbocycles. The number of carboxylic acids is 1. The van der Waals surface area contributed by atoms with Crippen molar-refractivity contribution in [2.45, 2.75) is 10.9 Å². The summed E-state index contributed by atoms with van der Waals surface area (Å²) in [5.41, 5.74) is 2.25. The van der Waals surface area contributed by atoms with Gasteiger partial charge in [-0.2, -0.15) is 0 Å². The number of hydrogen-bond acceptors (Lipinski definition) is 1. The molecular weight excluding hydrogens is 473 g/mol. The van der Waals surface area contributed by atoms with Crippen LogP contribution in [-0.2, 0) is 4.79 Å². The van der Waals surface area contributed by atoms with Crippen LogP contribution in [0.5, 0.6) is 0 Å². The average Bonchev–Trinajstić information content (AvgIpc) is 2.43. The van der Waals surface area contributed by atoms with E-state index in [4.69, 9.17) is 56.3 Å². The van der Waals surface area contributed by atoms with Gasteiger partial charge in [0.2, 0.25) is 0 Å². The van der Waals surface area contributed by atoms with E-state index in [9.17, 15) is 0 Å². The van der Waals surface area contributed by atoms with Crippen LogP contribution >= 0.6 is 46.4 Å². The van der Waals surface area contributed by atoms with E-state index in [1.165, 1.54) is 22.5 Å². The van der Waals surface area contributed by atoms with Gasteiger partial charge in [0.1, 0.15) is 0 Å². The van der Waals surface area contributed by atoms with Gasteiger partial charge in [0.15, 0.2) is 0 Å². The second kappa shape index (κ2) is 9.23. The molecule has 0 unspecified atom stereocenters. The number of rotatable bonds is 2. The molecule has 0 aliphatic carbocycles. The number of hydrogen-bond donors (Lipinski definition) is 1. The number of halogens is 4. The molecule has 0 saturated carbocycles. The van der Waals surface area contributed by atoms with E-state index in [2.05, 4.69) is 0 Å². The fourth-order valence-electron chi connectivity index (χ4n) is 1.58. The topological polar surface area (TPSA) is 37.3 Å². The van der Waals surface area contributed by atoms with Gasteiger partial charge in [0, 0.05) is 6.92 Å². The maximum absolute atomic E-state index is 9.00. The summed E-state index contributed by atoms with van der Waals surface area (Å²) >= 11 is 25.2. The van der Waals surface area contributed by atoms with Crippen molar-refractivity contribution in [2.24, 2.45) is 0 Å². The Morgan fingerprint density at radius 2 is 1.23 bits per heavy atom. The van der Waals surface area contributed by atoms with Crippen molar-refractivity contribution in [3.63, 3.8) is 0 Å². The number of benzene rings is 2. The molecule has 0 aromatic heterocycles. The van der Waals surface area contributed by atoms with Crippen LogP contribution in [0.2, 0.25) is 20.1 Å². The molecule has 0 bridgehead atoms. The summed E-state index contributed by atoms with van der Waals surface area (Å²) in [6.45, 7) is 1.08. The minimum absolute atomic E-state index is 0.265. The van der Waals surface area contributed by atoms with Gasteiger partial charge >= 0.3 is 140 Å². The maximum atomic E-state index is 9.00. The Hall–Kier alpha value is -0.131. The third-order valence-corrected chi connectivity index (χ3v) is 5.93. The Morgan fingerprint density at radius 1 is 0.909 bits per heavy atom. The van der Waals surface area contributed by atoms with Gasteiger partial charge in [0.25, 0.3) is 5.97 Å². The minimum atomic E-state index is -0.833. The van der Waals surface area contributed by atoms with Crippen LogP contribution in [0.3, 0.4) is 0 Å². The molecule has 7 heteroatoms. The van der Waals surface area contributed by atoms with Gasteiger partial charge in [-0.3, -0.25) is 4.79 Å². The summed E-state index contributed by atoms with van der Waals surface area (Å²) < 4.78 is 0.265. The van der Waals surface area contributed by atoms with Crippen LogP contribution in [-0.4, -0.2) is 33.6 Å². The molecule has 115 valence electrons. The van der Waals surface area contributed by atoms with Gasteiger partial charge < -0.3 is 5.11 Å². The quantitative estimate of drug-likeness (QED) is 0.561. The van der Waals surface area contributed by atoms with E-state index in [-0.39, 0.29) is 3.93 Å². The van der Waals surface area contributed by atoms with E-state index in [0.717, 1.165) is 18.1 Å². The SMILES string of the molecule is CC(=O)O.Clc1ccc([CH]([Sn])c2ccc(Cl)c(Cl)c2)cc1Cl. The second-order valence-corrected chi connectivity index (χ2v) is 7.58. The van der Waals surface area contributed by atoms with Gasteiger partial charge in [0.05, 0.1) is 0 Å². The summed E-state index contributed by atoms with van der Waals surface area (Å²) in [6, 6.07) is 11.4. The Balaban J connectivity index is 0.000000541. The van der Waals surface area contributed by atoms with Crippen LogP contribution in [0.1, 0.15) is 22.0 Å². The molecule has 0 fully saturated rings. The van der Waals surface area contributed by atoms with Crippen molar-refractivity contribution in [3.8, 4) is 0 Å². The monoisotopic (exact) mass is 483 g/mol. The number of carboxylic acid groups (broad SMARTS) is 1. The molecule has 0 aliphatic rings. The zero-order chi connectivity index (χ0) is 16.9. The van der Waals surface area contributed by atoms with Crippen LogP contribution in [0.25, 0.3) is 0 Å². The molecule has 2 nitrogen and oxygen atoms in total. The molecule has 22 heavy (non-hydrogen) atoms. The molecule has 1 N–H and O–H groups in total. The van der Waals surface area contributed by atoms with Crippen LogP contribution < -0.4 is 0 Å². The van der Waals surface area contributed by atoms with Crippen molar-refractivity contribution in [2.75, 3.05) is 0 Å². The van der Waals surface area contributed by atoms with E-state index >= 15 is 0 Å². The Morgan fingerprint density at radius 3 is 1.50 bits per heavy atom. The molecule has 0 amide bonds. The molecule has 3 radical (unpaired) electrons. The van der Waals surface area contributed by atoms with E-state index < -0.39 is 5.97 Å². The normalized spacial score (nSPS) is 10.1. The Labute approximate surface area is 162 Å². The predicted octanol–water partition coefficient (Wildman–Crippen LogP) is 5.65. The predicted molar refractivity (Wildman–Crippen MR) is 93.8 cm³/mol. The number of aliphatic carboxylic acids is 1. The van der Waals surface area contributed by atoms with Gasteiger partial charge in [-0.05, 0) is 0 Å². The Kier molecular flexibility index (Phi) is 8.36. The third-order valence-electron chi connectivity index (χ3n) is 2.55. The second-order valence-electron chi connectivity index (χ2n) is 4.30. The molecular formula is C15H11Cl4O2Sn. The van der Waals surface area contributed by atoms with Crippen molar-refractivity contribution < 1.29 is 9.90 Å². The van der Waals surface area contributed by atoms with Crippen molar-refractivity contribution in [1.82, 2.24) is 0 Å². The average molecular weight is 484 g/mol. The molecule has 0 spiro atoms. The van der Waals surface area contributed by atoms with Gasteiger partial charge in [-0.25, -0.2) is 0 Å². The Bertz CT molecular complexity index is 621. The molecule has 0 heterocycles.